The zero-order valence-corrected chi connectivity index (χ0v) is 17.7. The summed E-state index contributed by atoms with van der Waals surface area (Å²) >= 11 is 0. The van der Waals surface area contributed by atoms with Gasteiger partial charge in [-0.1, -0.05) is 24.3 Å². The molecule has 0 radical (unpaired) electrons. The number of anilines is 1. The van der Waals surface area contributed by atoms with Crippen LogP contribution in [-0.2, 0) is 11.8 Å². The minimum Gasteiger partial charge on any atom is -0.482 e. The van der Waals surface area contributed by atoms with Gasteiger partial charge in [-0.15, -0.1) is 0 Å². The van der Waals surface area contributed by atoms with Gasteiger partial charge in [-0.25, -0.2) is 14.8 Å². The van der Waals surface area contributed by atoms with Gasteiger partial charge < -0.3 is 19.7 Å². The molecule has 2 aromatic carbocycles. The molecule has 0 saturated carbocycles. The number of carboxylic acids is 1. The fourth-order valence-corrected chi connectivity index (χ4v) is 3.54. The van der Waals surface area contributed by atoms with Gasteiger partial charge in [0.1, 0.15) is 17.4 Å². The summed E-state index contributed by atoms with van der Waals surface area (Å²) in [4.78, 5) is 19.9. The second-order valence-electron chi connectivity index (χ2n) is 7.51. The highest BCUT2D eigenvalue weighted by molar-refractivity contribution is 5.85. The summed E-state index contributed by atoms with van der Waals surface area (Å²) in [5.74, 6) is 0.912. The molecule has 0 fully saturated rings. The molecule has 31 heavy (non-hydrogen) atoms. The number of nitrogens with zero attached hydrogens (tertiary/aromatic N) is 3. The quantitative estimate of drug-likeness (QED) is 0.458. The van der Waals surface area contributed by atoms with Gasteiger partial charge in [0.05, 0.1) is 11.7 Å². The van der Waals surface area contributed by atoms with Crippen molar-refractivity contribution < 1.29 is 14.6 Å². The predicted molar refractivity (Wildman–Crippen MR) is 120 cm³/mol. The fourth-order valence-electron chi connectivity index (χ4n) is 3.54. The highest BCUT2D eigenvalue weighted by Gasteiger charge is 2.11. The van der Waals surface area contributed by atoms with Crippen LogP contribution in [0.5, 0.6) is 5.75 Å². The number of aliphatic carboxylic acids is 1. The van der Waals surface area contributed by atoms with Gasteiger partial charge >= 0.3 is 5.97 Å². The van der Waals surface area contributed by atoms with Crippen molar-refractivity contribution in [3.05, 3.63) is 72.2 Å². The second kappa shape index (κ2) is 8.47. The molecule has 0 aliphatic heterocycles. The number of ether oxygens (including phenoxy) is 1. The lowest BCUT2D eigenvalue weighted by Crippen LogP contribution is -2.11. The van der Waals surface area contributed by atoms with E-state index in [4.69, 9.17) is 9.84 Å². The molecular weight excluding hydrogens is 392 g/mol. The van der Waals surface area contributed by atoms with Gasteiger partial charge in [-0.05, 0) is 49.1 Å². The number of carboxylic acid groups (broad SMARTS) is 1. The second-order valence-corrected chi connectivity index (χ2v) is 7.51. The molecule has 1 unspecified atom stereocenters. The van der Waals surface area contributed by atoms with Crippen LogP contribution in [0.2, 0.25) is 0 Å². The lowest BCUT2D eigenvalue weighted by Gasteiger charge is -2.17. The molecule has 0 saturated heterocycles. The third-order valence-corrected chi connectivity index (χ3v) is 5.11. The first-order valence-corrected chi connectivity index (χ1v) is 10.0. The zero-order valence-electron chi connectivity index (χ0n) is 17.7. The maximum absolute atomic E-state index is 10.7. The van der Waals surface area contributed by atoms with E-state index in [1.54, 1.807) is 6.07 Å². The number of fused-ring (bicyclic) bond motifs is 1. The third kappa shape index (κ3) is 4.66. The molecule has 0 amide bonds. The molecule has 158 valence electrons. The van der Waals surface area contributed by atoms with Crippen molar-refractivity contribution in [1.29, 1.82) is 0 Å². The van der Waals surface area contributed by atoms with E-state index >= 15 is 0 Å². The fraction of sp³-hybridized carbons (Fsp3) is 0.208. The number of nitrogens with one attached hydrogen (secondary N) is 1. The van der Waals surface area contributed by atoms with Crippen molar-refractivity contribution in [3.63, 3.8) is 0 Å². The predicted octanol–water partition coefficient (Wildman–Crippen LogP) is 4.58. The van der Waals surface area contributed by atoms with E-state index < -0.39 is 5.97 Å². The van der Waals surface area contributed by atoms with Crippen LogP contribution in [0.1, 0.15) is 24.4 Å². The Labute approximate surface area is 180 Å². The van der Waals surface area contributed by atoms with Gasteiger partial charge in [0.2, 0.25) is 0 Å². The van der Waals surface area contributed by atoms with Crippen LogP contribution < -0.4 is 10.1 Å². The summed E-state index contributed by atoms with van der Waals surface area (Å²) in [7, 11) is 2.03. The normalized spacial score (nSPS) is 12.0. The number of aryl methyl sites for hydroxylation is 2. The van der Waals surface area contributed by atoms with Crippen LogP contribution in [0.4, 0.5) is 5.82 Å². The molecule has 1 atom stereocenters. The van der Waals surface area contributed by atoms with Gasteiger partial charge in [0, 0.05) is 30.4 Å². The topological polar surface area (TPSA) is 89.3 Å². The highest BCUT2D eigenvalue weighted by atomic mass is 16.5. The first-order valence-electron chi connectivity index (χ1n) is 10.0. The van der Waals surface area contributed by atoms with E-state index in [9.17, 15) is 4.79 Å². The molecule has 0 spiro atoms. The Kier molecular flexibility index (Phi) is 5.58. The molecule has 0 bridgehead atoms. The summed E-state index contributed by atoms with van der Waals surface area (Å²) in [6.45, 7) is 3.52. The van der Waals surface area contributed by atoms with Gasteiger partial charge in [-0.2, -0.15) is 0 Å². The minimum absolute atomic E-state index is 0.0640. The largest absolute Gasteiger partial charge is 0.482 e. The number of carbonyl (C=O) groups is 1. The Morgan fingerprint density at radius 1 is 1.16 bits per heavy atom. The summed E-state index contributed by atoms with van der Waals surface area (Å²) < 4.78 is 7.38. The average Bonchev–Trinajstić information content (AvgIpc) is 3.12. The molecule has 7 heteroatoms. The van der Waals surface area contributed by atoms with E-state index in [0.717, 1.165) is 28.2 Å². The van der Waals surface area contributed by atoms with E-state index in [-0.39, 0.29) is 12.6 Å². The Hall–Kier alpha value is -3.87. The molecular formula is C24H24N4O3. The molecule has 2 aromatic heterocycles. The Bertz CT molecular complexity index is 1250. The van der Waals surface area contributed by atoms with Crippen molar-refractivity contribution in [2.24, 2.45) is 7.05 Å². The highest BCUT2D eigenvalue weighted by Crippen LogP contribution is 2.27. The number of hydrogen-bond acceptors (Lipinski definition) is 5. The van der Waals surface area contributed by atoms with E-state index in [0.29, 0.717) is 11.6 Å². The van der Waals surface area contributed by atoms with E-state index in [1.165, 1.54) is 5.39 Å². The van der Waals surface area contributed by atoms with Crippen LogP contribution in [0.3, 0.4) is 0 Å². The molecule has 4 aromatic rings. The van der Waals surface area contributed by atoms with Crippen LogP contribution in [-0.4, -0.2) is 32.2 Å². The Balaban J connectivity index is 1.57. The zero-order chi connectivity index (χ0) is 22.0. The molecule has 0 aliphatic carbocycles. The first kappa shape index (κ1) is 20.4. The van der Waals surface area contributed by atoms with E-state index in [1.807, 2.05) is 51.4 Å². The lowest BCUT2D eigenvalue weighted by atomic mass is 10.1. The standard InChI is InChI=1S/C24H24N4O3/c1-15(18-5-4-6-20(11-18)31-14-24(29)30)25-23-13-21(26-16(2)27-23)19-8-7-17-9-10-28(3)22(17)12-19/h4-13,15H,14H2,1-3H3,(H,29,30)(H,25,26,27). The van der Waals surface area contributed by atoms with E-state index in [2.05, 4.69) is 44.1 Å². The molecule has 7 nitrogen and oxygen atoms in total. The summed E-state index contributed by atoms with van der Waals surface area (Å²) in [5.41, 5.74) is 3.99. The smallest absolute Gasteiger partial charge is 0.341 e. The van der Waals surface area contributed by atoms with Crippen LogP contribution in [0.25, 0.3) is 22.2 Å². The van der Waals surface area contributed by atoms with Gasteiger partial charge in [0.25, 0.3) is 0 Å². The van der Waals surface area contributed by atoms with Crippen molar-refractivity contribution in [1.82, 2.24) is 14.5 Å². The van der Waals surface area contributed by atoms with Gasteiger partial charge in [-0.3, -0.25) is 0 Å². The maximum Gasteiger partial charge on any atom is 0.341 e. The monoisotopic (exact) mass is 416 g/mol. The molecule has 4 rings (SSSR count). The summed E-state index contributed by atoms with van der Waals surface area (Å²) in [6, 6.07) is 17.6. The Morgan fingerprint density at radius 3 is 2.81 bits per heavy atom. The number of rotatable bonds is 7. The van der Waals surface area contributed by atoms with Crippen molar-refractivity contribution in [2.45, 2.75) is 19.9 Å². The van der Waals surface area contributed by atoms with Crippen LogP contribution in [0, 0.1) is 6.92 Å². The number of aromatic nitrogens is 3. The number of benzene rings is 2. The molecule has 2 heterocycles. The lowest BCUT2D eigenvalue weighted by molar-refractivity contribution is -0.139. The minimum atomic E-state index is -1.01. The maximum atomic E-state index is 10.7. The van der Waals surface area contributed by atoms with Crippen molar-refractivity contribution in [2.75, 3.05) is 11.9 Å². The SMILES string of the molecule is Cc1nc(NC(C)c2cccc(OCC(=O)O)c2)cc(-c2ccc3ccn(C)c3c2)n1. The van der Waals surface area contributed by atoms with Crippen molar-refractivity contribution in [3.8, 4) is 17.0 Å². The van der Waals surface area contributed by atoms with Crippen LogP contribution in [0.15, 0.2) is 60.8 Å². The Morgan fingerprint density at radius 2 is 2.00 bits per heavy atom. The molecule has 0 aliphatic rings. The van der Waals surface area contributed by atoms with Crippen LogP contribution >= 0.6 is 0 Å². The summed E-state index contributed by atoms with van der Waals surface area (Å²) in [6.07, 6.45) is 2.04. The average molecular weight is 416 g/mol. The third-order valence-electron chi connectivity index (χ3n) is 5.11. The first-order chi connectivity index (χ1) is 14.9. The summed E-state index contributed by atoms with van der Waals surface area (Å²) in [5, 5.41) is 13.4. The number of hydrogen-bond donors (Lipinski definition) is 2. The molecule has 2 N–H and O–H groups in total. The van der Waals surface area contributed by atoms with Gasteiger partial charge in [0.15, 0.2) is 6.61 Å². The van der Waals surface area contributed by atoms with Crippen molar-refractivity contribution >= 4 is 22.7 Å².